The van der Waals surface area contributed by atoms with Gasteiger partial charge >= 0.3 is 17.9 Å². The van der Waals surface area contributed by atoms with Crippen molar-refractivity contribution in [3.05, 3.63) is 36.5 Å². The van der Waals surface area contributed by atoms with E-state index >= 15 is 0 Å². The van der Waals surface area contributed by atoms with Crippen molar-refractivity contribution < 1.29 is 28.6 Å². The Morgan fingerprint density at radius 2 is 1.08 bits per heavy atom. The third-order valence-corrected chi connectivity index (χ3v) is 2.22. The highest BCUT2D eigenvalue weighted by atomic mass is 16.6. The largest absolute Gasteiger partial charge is 0.457 e. The fourth-order valence-corrected chi connectivity index (χ4v) is 0.987. The Labute approximate surface area is 137 Å². The smallest absolute Gasteiger partial charge is 0.348 e. The van der Waals surface area contributed by atoms with Crippen LogP contribution in [-0.4, -0.2) is 37.2 Å². The molecule has 0 atom stereocenters. The molecule has 0 fully saturated rings. The molecule has 0 amide bonds. The van der Waals surface area contributed by atoms with Gasteiger partial charge in [-0.05, 0) is 0 Å². The van der Waals surface area contributed by atoms with Crippen LogP contribution in [0.15, 0.2) is 36.5 Å². The summed E-state index contributed by atoms with van der Waals surface area (Å²) in [6, 6.07) is 4.38. The molecule has 0 aliphatic rings. The third-order valence-electron chi connectivity index (χ3n) is 2.22. The molecule has 9 heteroatoms. The second-order valence-electron chi connectivity index (χ2n) is 4.00. The van der Waals surface area contributed by atoms with Crippen molar-refractivity contribution in [1.29, 1.82) is 15.8 Å². The van der Waals surface area contributed by atoms with E-state index < -0.39 is 53.9 Å². The maximum atomic E-state index is 11.5. The van der Waals surface area contributed by atoms with Crippen LogP contribution in [0.2, 0.25) is 0 Å². The van der Waals surface area contributed by atoms with Gasteiger partial charge in [-0.1, -0.05) is 19.7 Å². The van der Waals surface area contributed by atoms with Gasteiger partial charge in [0.2, 0.25) is 0 Å². The minimum absolute atomic E-state index is 0.489. The van der Waals surface area contributed by atoms with Gasteiger partial charge in [0, 0.05) is 0 Å². The number of hydrogen-bond acceptors (Lipinski definition) is 9. The van der Waals surface area contributed by atoms with Crippen LogP contribution in [0.4, 0.5) is 0 Å². The van der Waals surface area contributed by atoms with Gasteiger partial charge in [-0.2, -0.15) is 15.8 Å². The molecular weight excluding hydrogens is 318 g/mol. The number of nitriles is 3. The Morgan fingerprint density at radius 3 is 1.42 bits per heavy atom. The summed E-state index contributed by atoms with van der Waals surface area (Å²) < 4.78 is 14.1. The van der Waals surface area contributed by atoms with E-state index in [0.29, 0.717) is 0 Å². The molecule has 0 aliphatic heterocycles. The van der Waals surface area contributed by atoms with E-state index in [0.717, 1.165) is 0 Å². The number of carbonyl (C=O) groups excluding carboxylic acids is 3. The summed E-state index contributed by atoms with van der Waals surface area (Å²) in [5.41, 5.74) is -1.51. The average molecular weight is 329 g/mol. The van der Waals surface area contributed by atoms with Gasteiger partial charge in [0.15, 0.2) is 6.10 Å². The number of nitrogens with zero attached hydrogens (tertiary/aromatic N) is 3. The highest BCUT2D eigenvalue weighted by Crippen LogP contribution is 2.04. The quantitative estimate of drug-likeness (QED) is 0.263. The first-order chi connectivity index (χ1) is 11.3. The molecule has 0 N–H and O–H groups in total. The average Bonchev–Trinajstić information content (AvgIpc) is 2.60. The molecule has 0 saturated heterocycles. The molecule has 122 valence electrons. The highest BCUT2D eigenvalue weighted by Gasteiger charge is 2.22. The van der Waals surface area contributed by atoms with Gasteiger partial charge in [0.25, 0.3) is 0 Å². The third kappa shape index (κ3) is 6.70. The van der Waals surface area contributed by atoms with Crippen molar-refractivity contribution >= 4 is 17.9 Å². The fourth-order valence-electron chi connectivity index (χ4n) is 0.987. The molecule has 0 bridgehead atoms. The molecular formula is C15H11N3O6. The number of ether oxygens (including phenoxy) is 3. The van der Waals surface area contributed by atoms with Crippen molar-refractivity contribution in [3.63, 3.8) is 0 Å². The molecule has 0 rings (SSSR count). The zero-order valence-electron chi connectivity index (χ0n) is 12.4. The summed E-state index contributed by atoms with van der Waals surface area (Å²) in [6.45, 7) is 8.22. The number of carbonyl (C=O) groups is 3. The monoisotopic (exact) mass is 329 g/mol. The summed E-state index contributed by atoms with van der Waals surface area (Å²) in [5, 5.41) is 25.5. The Bertz CT molecular complexity index is 675. The summed E-state index contributed by atoms with van der Waals surface area (Å²) in [7, 11) is 0. The van der Waals surface area contributed by atoms with Crippen LogP contribution in [0.1, 0.15) is 0 Å². The molecule has 0 aromatic rings. The molecule has 0 heterocycles. The van der Waals surface area contributed by atoms with E-state index in [4.69, 9.17) is 20.5 Å². The first kappa shape index (κ1) is 20.1. The summed E-state index contributed by atoms with van der Waals surface area (Å²) >= 11 is 0. The van der Waals surface area contributed by atoms with Crippen molar-refractivity contribution in [2.45, 2.75) is 6.10 Å². The standard InChI is InChI=1S/C15H11N3O6/c1-9(4-16)13(19)22-7-12(24-15(21)11(3)6-18)8-23-14(20)10(2)5-17/h12H,1-3,7-8H2. The summed E-state index contributed by atoms with van der Waals surface area (Å²) in [5.74, 6) is -3.25. The Balaban J connectivity index is 4.87. The van der Waals surface area contributed by atoms with Gasteiger partial charge in [0.05, 0.1) is 0 Å². The van der Waals surface area contributed by atoms with Crippen LogP contribution in [0.3, 0.4) is 0 Å². The second-order valence-corrected chi connectivity index (χ2v) is 4.00. The van der Waals surface area contributed by atoms with E-state index in [1.807, 2.05) is 0 Å². The van der Waals surface area contributed by atoms with E-state index in [1.165, 1.54) is 18.2 Å². The lowest BCUT2D eigenvalue weighted by molar-refractivity contribution is -0.161. The van der Waals surface area contributed by atoms with E-state index in [-0.39, 0.29) is 0 Å². The van der Waals surface area contributed by atoms with Crippen LogP contribution >= 0.6 is 0 Å². The maximum Gasteiger partial charge on any atom is 0.348 e. The van der Waals surface area contributed by atoms with Gasteiger partial charge in [-0.25, -0.2) is 14.4 Å². The SMILES string of the molecule is C=C(C#N)C(=O)OCC(COC(=O)C(=C)C#N)OC(=O)C(=C)C#N. The molecule has 0 spiro atoms. The molecule has 0 saturated carbocycles. The van der Waals surface area contributed by atoms with E-state index in [9.17, 15) is 14.4 Å². The predicted molar refractivity (Wildman–Crippen MR) is 76.1 cm³/mol. The van der Waals surface area contributed by atoms with Gasteiger partial charge in [0.1, 0.15) is 48.1 Å². The summed E-state index contributed by atoms with van der Waals surface area (Å²) in [4.78, 5) is 34.1. The number of esters is 3. The molecule has 24 heavy (non-hydrogen) atoms. The zero-order chi connectivity index (χ0) is 18.7. The first-order valence-corrected chi connectivity index (χ1v) is 6.09. The molecule has 0 aromatic heterocycles. The second kappa shape index (κ2) is 9.93. The highest BCUT2D eigenvalue weighted by molar-refractivity contribution is 5.93. The van der Waals surface area contributed by atoms with Crippen LogP contribution in [0.5, 0.6) is 0 Å². The lowest BCUT2D eigenvalue weighted by atomic mass is 10.3. The molecule has 9 nitrogen and oxygen atoms in total. The Kier molecular flexibility index (Phi) is 8.32. The maximum absolute atomic E-state index is 11.5. The zero-order valence-corrected chi connectivity index (χ0v) is 12.4. The van der Waals surface area contributed by atoms with Crippen molar-refractivity contribution in [1.82, 2.24) is 0 Å². The van der Waals surface area contributed by atoms with Gasteiger partial charge in [-0.3, -0.25) is 0 Å². The Morgan fingerprint density at radius 1 is 0.750 bits per heavy atom. The van der Waals surface area contributed by atoms with Crippen LogP contribution in [-0.2, 0) is 28.6 Å². The van der Waals surface area contributed by atoms with Crippen molar-refractivity contribution in [2.24, 2.45) is 0 Å². The molecule has 0 unspecified atom stereocenters. The lowest BCUT2D eigenvalue weighted by Gasteiger charge is -2.17. The molecule has 0 radical (unpaired) electrons. The molecule has 0 aromatic carbocycles. The van der Waals surface area contributed by atoms with E-state index in [2.05, 4.69) is 29.2 Å². The molecule has 0 aliphatic carbocycles. The number of hydrogen-bond donors (Lipinski definition) is 0. The van der Waals surface area contributed by atoms with Crippen molar-refractivity contribution in [3.8, 4) is 18.2 Å². The predicted octanol–water partition coefficient (Wildman–Crippen LogP) is 0.224. The van der Waals surface area contributed by atoms with Crippen molar-refractivity contribution in [2.75, 3.05) is 13.2 Å². The van der Waals surface area contributed by atoms with Crippen LogP contribution in [0, 0.1) is 34.0 Å². The lowest BCUT2D eigenvalue weighted by Crippen LogP contribution is -2.31. The topological polar surface area (TPSA) is 150 Å². The minimum atomic E-state index is -1.30. The Hall–Kier alpha value is -3.90. The normalized spacial score (nSPS) is 8.75. The van der Waals surface area contributed by atoms with Gasteiger partial charge in [-0.15, -0.1) is 0 Å². The first-order valence-electron chi connectivity index (χ1n) is 6.09. The minimum Gasteiger partial charge on any atom is -0.457 e. The van der Waals surface area contributed by atoms with Crippen LogP contribution in [0.25, 0.3) is 0 Å². The summed E-state index contributed by atoms with van der Waals surface area (Å²) in [6.07, 6.45) is -1.30. The number of rotatable bonds is 8. The fraction of sp³-hybridized carbons (Fsp3) is 0.200. The van der Waals surface area contributed by atoms with Gasteiger partial charge < -0.3 is 14.2 Å². The van der Waals surface area contributed by atoms with Crippen LogP contribution < -0.4 is 0 Å². The van der Waals surface area contributed by atoms with E-state index in [1.54, 1.807) is 0 Å².